The fourth-order valence-corrected chi connectivity index (χ4v) is 4.31. The van der Waals surface area contributed by atoms with Crippen LogP contribution in [0, 0.1) is 5.41 Å². The number of aliphatic hydroxyl groups is 1. The standard InChI is InChI=1S/C18H24O2/c19-12-15-8-5-11-18(13-20,16-9-3-4-10-16)17(15)14-6-1-2-7-14/h6,9,13,19H,1-5,7-8,10-12H2. The van der Waals surface area contributed by atoms with Crippen LogP contribution in [0.15, 0.2) is 34.4 Å². The summed E-state index contributed by atoms with van der Waals surface area (Å²) in [6.45, 7) is 0.107. The lowest BCUT2D eigenvalue weighted by Crippen LogP contribution is -2.33. The van der Waals surface area contributed by atoms with E-state index in [0.29, 0.717) is 0 Å². The van der Waals surface area contributed by atoms with E-state index in [2.05, 4.69) is 12.2 Å². The number of rotatable bonds is 4. The third-order valence-corrected chi connectivity index (χ3v) is 5.22. The lowest BCUT2D eigenvalue weighted by Gasteiger charge is -2.39. The summed E-state index contributed by atoms with van der Waals surface area (Å²) in [6, 6.07) is 0. The molecule has 3 aliphatic rings. The second-order valence-corrected chi connectivity index (χ2v) is 6.32. The van der Waals surface area contributed by atoms with Gasteiger partial charge in [-0.15, -0.1) is 0 Å². The minimum absolute atomic E-state index is 0.107. The van der Waals surface area contributed by atoms with Crippen molar-refractivity contribution in [3.8, 4) is 0 Å². The van der Waals surface area contributed by atoms with Crippen molar-refractivity contribution in [2.75, 3.05) is 6.61 Å². The molecule has 1 atom stereocenters. The molecule has 0 aromatic carbocycles. The lowest BCUT2D eigenvalue weighted by atomic mass is 9.63. The predicted molar refractivity (Wildman–Crippen MR) is 80.3 cm³/mol. The summed E-state index contributed by atoms with van der Waals surface area (Å²) in [5.41, 5.74) is 4.56. The Hall–Kier alpha value is -1.15. The van der Waals surface area contributed by atoms with Crippen LogP contribution in [0.3, 0.4) is 0 Å². The number of hydrogen-bond acceptors (Lipinski definition) is 2. The highest BCUT2D eigenvalue weighted by Gasteiger charge is 2.43. The van der Waals surface area contributed by atoms with E-state index in [1.54, 1.807) is 0 Å². The van der Waals surface area contributed by atoms with Crippen molar-refractivity contribution in [1.82, 2.24) is 0 Å². The average Bonchev–Trinajstić information content (AvgIpc) is 3.19. The van der Waals surface area contributed by atoms with E-state index in [0.717, 1.165) is 50.5 Å². The van der Waals surface area contributed by atoms with E-state index in [-0.39, 0.29) is 6.61 Å². The molecule has 0 saturated carbocycles. The van der Waals surface area contributed by atoms with Crippen LogP contribution in [-0.2, 0) is 4.79 Å². The van der Waals surface area contributed by atoms with E-state index in [9.17, 15) is 9.90 Å². The first kappa shape index (κ1) is 13.8. The second kappa shape index (κ2) is 5.69. The molecule has 0 spiro atoms. The molecule has 0 amide bonds. The summed E-state index contributed by atoms with van der Waals surface area (Å²) in [7, 11) is 0. The third-order valence-electron chi connectivity index (χ3n) is 5.22. The molecule has 0 aliphatic heterocycles. The molecule has 3 rings (SSSR count). The summed E-state index contributed by atoms with van der Waals surface area (Å²) in [5.74, 6) is 0. The van der Waals surface area contributed by atoms with Crippen molar-refractivity contribution < 1.29 is 9.90 Å². The van der Waals surface area contributed by atoms with Crippen molar-refractivity contribution >= 4 is 6.29 Å². The number of carbonyl (C=O) groups excluding carboxylic acids is 1. The number of carbonyl (C=O) groups is 1. The Balaban J connectivity index is 2.12. The highest BCUT2D eigenvalue weighted by Crippen LogP contribution is 2.52. The van der Waals surface area contributed by atoms with Gasteiger partial charge in [-0.2, -0.15) is 0 Å². The molecule has 0 saturated heterocycles. The third kappa shape index (κ3) is 2.10. The van der Waals surface area contributed by atoms with E-state index in [1.807, 2.05) is 0 Å². The summed E-state index contributed by atoms with van der Waals surface area (Å²) < 4.78 is 0. The zero-order valence-corrected chi connectivity index (χ0v) is 12.2. The Morgan fingerprint density at radius 1 is 1.10 bits per heavy atom. The van der Waals surface area contributed by atoms with Crippen LogP contribution in [0.2, 0.25) is 0 Å². The van der Waals surface area contributed by atoms with Crippen molar-refractivity contribution in [3.63, 3.8) is 0 Å². The zero-order valence-electron chi connectivity index (χ0n) is 12.2. The monoisotopic (exact) mass is 272 g/mol. The molecule has 3 aliphatic carbocycles. The largest absolute Gasteiger partial charge is 0.392 e. The van der Waals surface area contributed by atoms with Crippen LogP contribution in [0.4, 0.5) is 0 Å². The SMILES string of the molecule is O=CC1(C2=CCCC2)CCCC(CO)=C1C1=CCCC1. The van der Waals surface area contributed by atoms with Crippen molar-refractivity contribution in [3.05, 3.63) is 34.4 Å². The van der Waals surface area contributed by atoms with Crippen LogP contribution < -0.4 is 0 Å². The van der Waals surface area contributed by atoms with Crippen LogP contribution in [0.1, 0.15) is 57.8 Å². The number of hydrogen-bond donors (Lipinski definition) is 1. The zero-order chi connectivity index (χ0) is 14.0. The summed E-state index contributed by atoms with van der Waals surface area (Å²) in [6.07, 6.45) is 15.4. The summed E-state index contributed by atoms with van der Waals surface area (Å²) >= 11 is 0. The fraction of sp³-hybridized carbons (Fsp3) is 0.611. The number of aliphatic hydroxyl groups excluding tert-OH is 1. The highest BCUT2D eigenvalue weighted by molar-refractivity contribution is 5.75. The minimum atomic E-state index is -0.414. The van der Waals surface area contributed by atoms with Crippen LogP contribution in [-0.4, -0.2) is 18.0 Å². The van der Waals surface area contributed by atoms with Gasteiger partial charge in [0.2, 0.25) is 0 Å². The Bertz CT molecular complexity index is 496. The van der Waals surface area contributed by atoms with Gasteiger partial charge in [-0.3, -0.25) is 0 Å². The molecule has 0 radical (unpaired) electrons. The first-order valence-corrected chi connectivity index (χ1v) is 8.00. The molecule has 2 heteroatoms. The Morgan fingerprint density at radius 3 is 2.50 bits per heavy atom. The Kier molecular flexibility index (Phi) is 3.93. The normalized spacial score (nSPS) is 30.4. The van der Waals surface area contributed by atoms with Gasteiger partial charge in [0.1, 0.15) is 6.29 Å². The summed E-state index contributed by atoms with van der Waals surface area (Å²) in [4.78, 5) is 12.1. The molecule has 1 N–H and O–H groups in total. The van der Waals surface area contributed by atoms with Crippen molar-refractivity contribution in [1.29, 1.82) is 0 Å². The topological polar surface area (TPSA) is 37.3 Å². The fourth-order valence-electron chi connectivity index (χ4n) is 4.31. The minimum Gasteiger partial charge on any atom is -0.392 e. The van der Waals surface area contributed by atoms with Gasteiger partial charge in [-0.05, 0) is 74.5 Å². The Labute approximate surface area is 121 Å². The second-order valence-electron chi connectivity index (χ2n) is 6.32. The van der Waals surface area contributed by atoms with Crippen molar-refractivity contribution in [2.24, 2.45) is 5.41 Å². The Morgan fingerprint density at radius 2 is 1.90 bits per heavy atom. The smallest absolute Gasteiger partial charge is 0.134 e. The molecule has 108 valence electrons. The molecule has 0 aromatic heterocycles. The highest BCUT2D eigenvalue weighted by atomic mass is 16.3. The van der Waals surface area contributed by atoms with Crippen LogP contribution in [0.5, 0.6) is 0 Å². The van der Waals surface area contributed by atoms with Gasteiger partial charge in [0, 0.05) is 0 Å². The maximum Gasteiger partial charge on any atom is 0.134 e. The van der Waals surface area contributed by atoms with E-state index >= 15 is 0 Å². The lowest BCUT2D eigenvalue weighted by molar-refractivity contribution is -0.113. The first-order chi connectivity index (χ1) is 9.81. The number of aldehydes is 1. The molecule has 0 heterocycles. The molecule has 1 unspecified atom stereocenters. The number of allylic oxidation sites excluding steroid dienone is 5. The van der Waals surface area contributed by atoms with Gasteiger partial charge in [-0.1, -0.05) is 17.7 Å². The van der Waals surface area contributed by atoms with Gasteiger partial charge < -0.3 is 9.90 Å². The van der Waals surface area contributed by atoms with Gasteiger partial charge in [0.15, 0.2) is 0 Å². The summed E-state index contributed by atoms with van der Waals surface area (Å²) in [5, 5.41) is 9.77. The maximum absolute atomic E-state index is 12.1. The van der Waals surface area contributed by atoms with E-state index in [4.69, 9.17) is 0 Å². The molecule has 20 heavy (non-hydrogen) atoms. The van der Waals surface area contributed by atoms with Crippen LogP contribution in [0.25, 0.3) is 0 Å². The molecule has 0 fully saturated rings. The molecule has 2 nitrogen and oxygen atoms in total. The molecular formula is C18H24O2. The maximum atomic E-state index is 12.1. The van der Waals surface area contributed by atoms with E-state index in [1.165, 1.54) is 35.8 Å². The van der Waals surface area contributed by atoms with Gasteiger partial charge in [-0.25, -0.2) is 0 Å². The van der Waals surface area contributed by atoms with Crippen LogP contribution >= 0.6 is 0 Å². The molecule has 0 aromatic rings. The predicted octanol–water partition coefficient (Wildman–Crippen LogP) is 3.87. The first-order valence-electron chi connectivity index (χ1n) is 8.00. The van der Waals surface area contributed by atoms with Gasteiger partial charge in [0.25, 0.3) is 0 Å². The van der Waals surface area contributed by atoms with Gasteiger partial charge >= 0.3 is 0 Å². The molecular weight excluding hydrogens is 248 g/mol. The average molecular weight is 272 g/mol. The van der Waals surface area contributed by atoms with Gasteiger partial charge in [0.05, 0.1) is 12.0 Å². The quantitative estimate of drug-likeness (QED) is 0.623. The molecule has 0 bridgehead atoms. The van der Waals surface area contributed by atoms with E-state index < -0.39 is 5.41 Å². The van der Waals surface area contributed by atoms with Crippen molar-refractivity contribution in [2.45, 2.75) is 57.8 Å².